The molecule has 0 saturated carbocycles. The quantitative estimate of drug-likeness (QED) is 0.486. The second kappa shape index (κ2) is 8.69. The van der Waals surface area contributed by atoms with Crippen molar-refractivity contribution >= 4 is 57.7 Å². The zero-order chi connectivity index (χ0) is 23.0. The van der Waals surface area contributed by atoms with E-state index < -0.39 is 11.8 Å². The van der Waals surface area contributed by atoms with E-state index in [4.69, 9.17) is 23.2 Å². The first-order chi connectivity index (χ1) is 15.3. The van der Waals surface area contributed by atoms with E-state index in [-0.39, 0.29) is 11.3 Å². The Hall–Kier alpha value is -3.28. The highest BCUT2D eigenvalue weighted by Crippen LogP contribution is 2.36. The van der Waals surface area contributed by atoms with Crippen molar-refractivity contribution in [2.75, 3.05) is 29.2 Å². The number of imide groups is 1. The van der Waals surface area contributed by atoms with Crippen LogP contribution in [0.2, 0.25) is 10.0 Å². The largest absolute Gasteiger partial charge is 0.378 e. The van der Waals surface area contributed by atoms with Crippen molar-refractivity contribution in [2.45, 2.75) is 6.92 Å². The second-order valence-corrected chi connectivity index (χ2v) is 8.57. The Morgan fingerprint density at radius 2 is 1.53 bits per heavy atom. The Kier molecular flexibility index (Phi) is 5.96. The van der Waals surface area contributed by atoms with E-state index in [1.165, 1.54) is 4.90 Å². The number of amides is 2. The first-order valence-electron chi connectivity index (χ1n) is 9.96. The molecule has 32 heavy (non-hydrogen) atoms. The fraction of sp³-hybridized carbons (Fsp3) is 0.120. The van der Waals surface area contributed by atoms with Gasteiger partial charge in [-0.3, -0.25) is 9.59 Å². The summed E-state index contributed by atoms with van der Waals surface area (Å²) in [6.45, 7) is 1.89. The molecular weight excluding hydrogens is 445 g/mol. The van der Waals surface area contributed by atoms with Crippen LogP contribution in [0.1, 0.15) is 11.1 Å². The number of anilines is 3. The minimum atomic E-state index is -0.426. The Morgan fingerprint density at radius 1 is 0.844 bits per heavy atom. The molecule has 7 heteroatoms. The lowest BCUT2D eigenvalue weighted by Crippen LogP contribution is -2.32. The summed E-state index contributed by atoms with van der Waals surface area (Å²) in [6, 6.07) is 19.5. The number of hydrogen-bond acceptors (Lipinski definition) is 4. The number of carbonyl (C=O) groups is 2. The molecule has 1 N–H and O–H groups in total. The SMILES string of the molecule is Cc1cc(Cl)ccc1NC1=C(c2ccc(Cl)cc2)C(=O)N(c2cccc(N(C)C)c2)C1=O. The number of nitrogens with zero attached hydrogens (tertiary/aromatic N) is 2. The van der Waals surface area contributed by atoms with E-state index >= 15 is 0 Å². The Bertz CT molecular complexity index is 1250. The lowest BCUT2D eigenvalue weighted by Gasteiger charge is -2.19. The molecule has 4 rings (SSSR count). The monoisotopic (exact) mass is 465 g/mol. The van der Waals surface area contributed by atoms with Gasteiger partial charge in [0.1, 0.15) is 5.70 Å². The molecule has 162 valence electrons. The summed E-state index contributed by atoms with van der Waals surface area (Å²) in [6.07, 6.45) is 0. The van der Waals surface area contributed by atoms with Crippen LogP contribution in [-0.4, -0.2) is 25.9 Å². The number of aryl methyl sites for hydroxylation is 1. The standard InChI is InChI=1S/C25H21Cl2N3O2/c1-15-13-18(27)11-12-21(15)28-23-22(16-7-9-17(26)10-8-16)24(31)30(25(23)32)20-6-4-5-19(14-20)29(2)3/h4-14,28H,1-3H3. The Labute approximate surface area is 196 Å². The summed E-state index contributed by atoms with van der Waals surface area (Å²) in [4.78, 5) is 30.2. The second-order valence-electron chi connectivity index (χ2n) is 7.70. The summed E-state index contributed by atoms with van der Waals surface area (Å²) < 4.78 is 0. The minimum absolute atomic E-state index is 0.206. The minimum Gasteiger partial charge on any atom is -0.378 e. The van der Waals surface area contributed by atoms with E-state index in [1.807, 2.05) is 44.1 Å². The first-order valence-corrected chi connectivity index (χ1v) is 10.7. The molecule has 5 nitrogen and oxygen atoms in total. The predicted molar refractivity (Wildman–Crippen MR) is 131 cm³/mol. The molecule has 1 heterocycles. The molecule has 0 unspecified atom stereocenters. The van der Waals surface area contributed by atoms with Crippen LogP contribution < -0.4 is 15.1 Å². The molecule has 1 aliphatic heterocycles. The Morgan fingerprint density at radius 3 is 2.19 bits per heavy atom. The zero-order valence-corrected chi connectivity index (χ0v) is 19.3. The summed E-state index contributed by atoms with van der Waals surface area (Å²) in [5, 5.41) is 4.32. The third-order valence-electron chi connectivity index (χ3n) is 5.27. The predicted octanol–water partition coefficient (Wildman–Crippen LogP) is 5.76. The van der Waals surface area contributed by atoms with E-state index in [1.54, 1.807) is 48.5 Å². The van der Waals surface area contributed by atoms with Crippen molar-refractivity contribution in [1.82, 2.24) is 0 Å². The Balaban J connectivity index is 1.83. The first kappa shape index (κ1) is 21.9. The summed E-state index contributed by atoms with van der Waals surface area (Å²) in [5.74, 6) is -0.826. The molecule has 0 fully saturated rings. The molecule has 1 aliphatic rings. The summed E-state index contributed by atoms with van der Waals surface area (Å²) in [5.41, 5.74) is 4.03. The molecule has 0 radical (unpaired) electrons. The van der Waals surface area contributed by atoms with Crippen molar-refractivity contribution in [3.05, 3.63) is 93.6 Å². The highest BCUT2D eigenvalue weighted by molar-refractivity contribution is 6.46. The van der Waals surface area contributed by atoms with Crippen molar-refractivity contribution < 1.29 is 9.59 Å². The van der Waals surface area contributed by atoms with Gasteiger partial charge in [0, 0.05) is 35.5 Å². The van der Waals surface area contributed by atoms with Crippen molar-refractivity contribution in [2.24, 2.45) is 0 Å². The third kappa shape index (κ3) is 4.09. The van der Waals surface area contributed by atoms with Gasteiger partial charge in [-0.15, -0.1) is 0 Å². The average Bonchev–Trinajstić information content (AvgIpc) is 3.00. The fourth-order valence-corrected chi connectivity index (χ4v) is 3.93. The molecule has 2 amide bonds. The van der Waals surface area contributed by atoms with Gasteiger partial charge in [0.15, 0.2) is 0 Å². The number of benzene rings is 3. The van der Waals surface area contributed by atoms with Gasteiger partial charge in [-0.05, 0) is 66.6 Å². The maximum atomic E-state index is 13.6. The fourth-order valence-electron chi connectivity index (χ4n) is 3.58. The van der Waals surface area contributed by atoms with Crippen LogP contribution in [-0.2, 0) is 9.59 Å². The van der Waals surface area contributed by atoms with Crippen LogP contribution in [0.5, 0.6) is 0 Å². The van der Waals surface area contributed by atoms with Crippen LogP contribution in [0, 0.1) is 6.92 Å². The topological polar surface area (TPSA) is 52.7 Å². The van der Waals surface area contributed by atoms with Gasteiger partial charge in [0.25, 0.3) is 11.8 Å². The number of halogens is 2. The molecule has 0 spiro atoms. The highest BCUT2D eigenvalue weighted by Gasteiger charge is 2.40. The average molecular weight is 466 g/mol. The van der Waals surface area contributed by atoms with Crippen LogP contribution >= 0.6 is 23.2 Å². The number of nitrogens with one attached hydrogen (secondary N) is 1. The molecule has 0 saturated heterocycles. The molecule has 0 aromatic heterocycles. The molecule has 3 aromatic carbocycles. The van der Waals surface area contributed by atoms with Gasteiger partial charge < -0.3 is 10.2 Å². The number of carbonyl (C=O) groups excluding carboxylic acids is 2. The van der Waals surface area contributed by atoms with E-state index in [0.717, 1.165) is 11.3 Å². The molecule has 0 bridgehead atoms. The van der Waals surface area contributed by atoms with Crippen LogP contribution in [0.4, 0.5) is 17.1 Å². The molecule has 0 aliphatic carbocycles. The van der Waals surface area contributed by atoms with E-state index in [2.05, 4.69) is 5.32 Å². The maximum Gasteiger partial charge on any atom is 0.282 e. The van der Waals surface area contributed by atoms with Crippen LogP contribution in [0.15, 0.2) is 72.4 Å². The van der Waals surface area contributed by atoms with Gasteiger partial charge in [0.2, 0.25) is 0 Å². The van der Waals surface area contributed by atoms with Crippen molar-refractivity contribution in [3.63, 3.8) is 0 Å². The molecule has 3 aromatic rings. The van der Waals surface area contributed by atoms with Gasteiger partial charge >= 0.3 is 0 Å². The lowest BCUT2D eigenvalue weighted by atomic mass is 10.0. The highest BCUT2D eigenvalue weighted by atomic mass is 35.5. The molecule has 0 atom stereocenters. The van der Waals surface area contributed by atoms with E-state index in [0.29, 0.717) is 27.0 Å². The van der Waals surface area contributed by atoms with Crippen LogP contribution in [0.25, 0.3) is 5.57 Å². The van der Waals surface area contributed by atoms with Gasteiger partial charge in [-0.2, -0.15) is 0 Å². The van der Waals surface area contributed by atoms with Crippen molar-refractivity contribution in [3.8, 4) is 0 Å². The van der Waals surface area contributed by atoms with E-state index in [9.17, 15) is 9.59 Å². The lowest BCUT2D eigenvalue weighted by molar-refractivity contribution is -0.120. The normalized spacial score (nSPS) is 13.7. The van der Waals surface area contributed by atoms with Gasteiger partial charge in [-0.1, -0.05) is 41.4 Å². The van der Waals surface area contributed by atoms with Gasteiger partial charge in [-0.25, -0.2) is 4.90 Å². The zero-order valence-electron chi connectivity index (χ0n) is 17.8. The number of rotatable bonds is 5. The smallest absolute Gasteiger partial charge is 0.282 e. The molecular formula is C25H21Cl2N3O2. The summed E-state index contributed by atoms with van der Waals surface area (Å²) in [7, 11) is 3.81. The number of hydrogen-bond donors (Lipinski definition) is 1. The maximum absolute atomic E-state index is 13.6. The van der Waals surface area contributed by atoms with Crippen LogP contribution in [0.3, 0.4) is 0 Å². The summed E-state index contributed by atoms with van der Waals surface area (Å²) >= 11 is 12.1. The van der Waals surface area contributed by atoms with Crippen molar-refractivity contribution in [1.29, 1.82) is 0 Å². The third-order valence-corrected chi connectivity index (χ3v) is 5.76. The van der Waals surface area contributed by atoms with Gasteiger partial charge in [0.05, 0.1) is 11.3 Å².